The Morgan fingerprint density at radius 2 is 2.11 bits per heavy atom. The van der Waals surface area contributed by atoms with Gasteiger partial charge in [0.15, 0.2) is 5.13 Å². The number of amides is 1. The molecule has 1 unspecified atom stereocenters. The molecule has 5 rings (SSSR count). The summed E-state index contributed by atoms with van der Waals surface area (Å²) in [7, 11) is 0. The highest BCUT2D eigenvalue weighted by atomic mass is 32.1. The van der Waals surface area contributed by atoms with Crippen molar-refractivity contribution in [3.63, 3.8) is 0 Å². The zero-order valence-corrected chi connectivity index (χ0v) is 21.0. The Hall–Kier alpha value is -3.33. The van der Waals surface area contributed by atoms with Crippen molar-refractivity contribution in [2.45, 2.75) is 46.1 Å². The number of nitrogens with one attached hydrogen (secondary N) is 1. The van der Waals surface area contributed by atoms with Crippen LogP contribution in [0.15, 0.2) is 48.2 Å². The number of likely N-dealkylation sites (tertiary alicyclic amines) is 1. The molecule has 1 amide bonds. The maximum Gasteiger partial charge on any atom is 0.242 e. The summed E-state index contributed by atoms with van der Waals surface area (Å²) in [6.07, 6.45) is 7.14. The van der Waals surface area contributed by atoms with E-state index in [2.05, 4.69) is 44.7 Å². The molecular formula is C26H31N7OS. The Bertz CT molecular complexity index is 1280. The molecular weight excluding hydrogens is 458 g/mol. The van der Waals surface area contributed by atoms with Gasteiger partial charge in [-0.1, -0.05) is 26.0 Å². The van der Waals surface area contributed by atoms with Gasteiger partial charge in [0.1, 0.15) is 24.5 Å². The minimum Gasteiger partial charge on any atom is -0.341 e. The van der Waals surface area contributed by atoms with Crippen LogP contribution in [0, 0.1) is 11.8 Å². The molecule has 3 aromatic heterocycles. The average molecular weight is 490 g/mol. The number of nitrogens with zero attached hydrogens (tertiary/aromatic N) is 6. The Balaban J connectivity index is 1.26. The molecule has 1 saturated heterocycles. The van der Waals surface area contributed by atoms with E-state index in [9.17, 15) is 4.79 Å². The number of hydrogen-bond donors (Lipinski definition) is 1. The van der Waals surface area contributed by atoms with Crippen LogP contribution in [0.4, 0.5) is 10.9 Å². The fourth-order valence-corrected chi connectivity index (χ4v) is 5.32. The lowest BCUT2D eigenvalue weighted by molar-refractivity contribution is -0.133. The quantitative estimate of drug-likeness (QED) is 0.386. The van der Waals surface area contributed by atoms with Crippen LogP contribution in [0.2, 0.25) is 0 Å². The van der Waals surface area contributed by atoms with E-state index in [-0.39, 0.29) is 5.91 Å². The number of anilines is 2. The second kappa shape index (κ2) is 10.5. The van der Waals surface area contributed by atoms with Gasteiger partial charge in [0.05, 0.1) is 11.0 Å². The number of thiazole rings is 1. The second-order valence-corrected chi connectivity index (χ2v) is 10.5. The van der Waals surface area contributed by atoms with Gasteiger partial charge in [-0.15, -0.1) is 11.3 Å². The molecule has 1 fully saturated rings. The number of benzene rings is 1. The topological polar surface area (TPSA) is 88.8 Å². The van der Waals surface area contributed by atoms with Gasteiger partial charge in [-0.2, -0.15) is 0 Å². The minimum absolute atomic E-state index is 0.164. The van der Waals surface area contributed by atoms with Gasteiger partial charge in [-0.3, -0.25) is 4.79 Å². The van der Waals surface area contributed by atoms with Gasteiger partial charge < -0.3 is 14.8 Å². The third-order valence-corrected chi connectivity index (χ3v) is 7.07. The third-order valence-electron chi connectivity index (χ3n) is 6.38. The molecule has 0 saturated carbocycles. The summed E-state index contributed by atoms with van der Waals surface area (Å²) < 4.78 is 2.11. The van der Waals surface area contributed by atoms with Crippen molar-refractivity contribution in [1.82, 2.24) is 29.4 Å². The lowest BCUT2D eigenvalue weighted by atomic mass is 9.93. The van der Waals surface area contributed by atoms with E-state index in [0.29, 0.717) is 18.4 Å². The molecule has 1 N–H and O–H groups in total. The van der Waals surface area contributed by atoms with E-state index < -0.39 is 0 Å². The number of fused-ring (bicyclic) bond motifs is 1. The van der Waals surface area contributed by atoms with Crippen LogP contribution in [0.3, 0.4) is 0 Å². The molecule has 182 valence electrons. The van der Waals surface area contributed by atoms with Crippen molar-refractivity contribution in [3.05, 3.63) is 59.8 Å². The second-order valence-electron chi connectivity index (χ2n) is 9.61. The monoisotopic (exact) mass is 489 g/mol. The van der Waals surface area contributed by atoms with E-state index in [1.54, 1.807) is 12.5 Å². The Morgan fingerprint density at radius 1 is 1.23 bits per heavy atom. The molecule has 0 spiro atoms. The molecule has 0 radical (unpaired) electrons. The Kier molecular flexibility index (Phi) is 7.03. The lowest BCUT2D eigenvalue weighted by Crippen LogP contribution is -2.42. The molecule has 1 aromatic carbocycles. The first-order valence-corrected chi connectivity index (χ1v) is 13.1. The standard InChI is InChI=1S/C26H31N7OS/c1-18(2)12-24-30-21-7-3-4-8-22(21)33(24)16-25(34)32-10-5-6-19(15-32)13-20-14-23(29-17-28-20)31-26-27-9-11-35-26/h3-4,7-9,11,14,17-19H,5-6,10,12-13,15-16H2,1-2H3,(H,27,28,29,31). The zero-order valence-electron chi connectivity index (χ0n) is 20.2. The van der Waals surface area contributed by atoms with Crippen LogP contribution in [-0.4, -0.2) is 48.4 Å². The molecule has 9 heteroatoms. The number of imidazole rings is 1. The average Bonchev–Trinajstić information content (AvgIpc) is 3.47. The highest BCUT2D eigenvalue weighted by Gasteiger charge is 2.25. The van der Waals surface area contributed by atoms with E-state index in [1.165, 1.54) is 11.3 Å². The largest absolute Gasteiger partial charge is 0.341 e. The smallest absolute Gasteiger partial charge is 0.242 e. The molecule has 4 heterocycles. The van der Waals surface area contributed by atoms with Crippen LogP contribution in [0.1, 0.15) is 38.2 Å². The van der Waals surface area contributed by atoms with Gasteiger partial charge in [-0.05, 0) is 43.2 Å². The number of hydrogen-bond acceptors (Lipinski definition) is 7. The maximum absolute atomic E-state index is 13.4. The summed E-state index contributed by atoms with van der Waals surface area (Å²) in [6.45, 7) is 6.27. The van der Waals surface area contributed by atoms with Crippen molar-refractivity contribution in [3.8, 4) is 0 Å². The summed E-state index contributed by atoms with van der Waals surface area (Å²) in [5.41, 5.74) is 2.97. The lowest BCUT2D eigenvalue weighted by Gasteiger charge is -2.33. The van der Waals surface area contributed by atoms with Gasteiger partial charge in [0.2, 0.25) is 5.91 Å². The van der Waals surface area contributed by atoms with Crippen molar-refractivity contribution in [1.29, 1.82) is 0 Å². The van der Waals surface area contributed by atoms with E-state index in [1.807, 2.05) is 34.5 Å². The third kappa shape index (κ3) is 5.67. The molecule has 4 aromatic rings. The molecule has 1 aliphatic rings. The van der Waals surface area contributed by atoms with E-state index in [0.717, 1.165) is 72.3 Å². The fraction of sp³-hybridized carbons (Fsp3) is 0.423. The summed E-state index contributed by atoms with van der Waals surface area (Å²) in [5.74, 6) is 2.76. The maximum atomic E-state index is 13.4. The van der Waals surface area contributed by atoms with Gasteiger partial charge in [0.25, 0.3) is 0 Å². The van der Waals surface area contributed by atoms with Crippen molar-refractivity contribution < 1.29 is 4.79 Å². The SMILES string of the molecule is CC(C)Cc1nc2ccccc2n1CC(=O)N1CCCC(Cc2cc(Nc3nccs3)ncn2)C1. The molecule has 35 heavy (non-hydrogen) atoms. The number of carbonyl (C=O) groups is 1. The molecule has 0 bridgehead atoms. The molecule has 1 aliphatic heterocycles. The summed E-state index contributed by atoms with van der Waals surface area (Å²) in [6, 6.07) is 10.1. The first-order chi connectivity index (χ1) is 17.0. The van der Waals surface area contributed by atoms with Crippen LogP contribution in [0.25, 0.3) is 11.0 Å². The van der Waals surface area contributed by atoms with Crippen molar-refractivity contribution in [2.75, 3.05) is 18.4 Å². The van der Waals surface area contributed by atoms with Gasteiger partial charge >= 0.3 is 0 Å². The Labute approximate surface area is 209 Å². The predicted octanol–water partition coefficient (Wildman–Crippen LogP) is 4.71. The summed E-state index contributed by atoms with van der Waals surface area (Å²) >= 11 is 1.54. The van der Waals surface area contributed by atoms with E-state index >= 15 is 0 Å². The minimum atomic E-state index is 0.164. The van der Waals surface area contributed by atoms with Crippen LogP contribution in [-0.2, 0) is 24.2 Å². The fourth-order valence-electron chi connectivity index (χ4n) is 4.78. The molecule has 1 atom stereocenters. The number of para-hydroxylation sites is 2. The number of carbonyl (C=O) groups excluding carboxylic acids is 1. The first-order valence-electron chi connectivity index (χ1n) is 12.2. The Morgan fingerprint density at radius 3 is 2.94 bits per heavy atom. The number of piperidine rings is 1. The predicted molar refractivity (Wildman–Crippen MR) is 139 cm³/mol. The van der Waals surface area contributed by atoms with Crippen LogP contribution >= 0.6 is 11.3 Å². The molecule has 8 nitrogen and oxygen atoms in total. The summed E-state index contributed by atoms with van der Waals surface area (Å²) in [5, 5.41) is 5.97. The van der Waals surface area contributed by atoms with Crippen LogP contribution in [0.5, 0.6) is 0 Å². The molecule has 0 aliphatic carbocycles. The normalized spacial score (nSPS) is 16.2. The number of rotatable bonds is 8. The van der Waals surface area contributed by atoms with E-state index in [4.69, 9.17) is 4.98 Å². The highest BCUT2D eigenvalue weighted by molar-refractivity contribution is 7.13. The van der Waals surface area contributed by atoms with Gasteiger partial charge in [-0.25, -0.2) is 19.9 Å². The summed E-state index contributed by atoms with van der Waals surface area (Å²) in [4.78, 5) is 33.3. The zero-order chi connectivity index (χ0) is 24.2. The highest BCUT2D eigenvalue weighted by Crippen LogP contribution is 2.24. The van der Waals surface area contributed by atoms with Crippen LogP contribution < -0.4 is 5.32 Å². The number of aromatic nitrogens is 5. The van der Waals surface area contributed by atoms with Crippen molar-refractivity contribution in [2.24, 2.45) is 11.8 Å². The van der Waals surface area contributed by atoms with Crippen molar-refractivity contribution >= 4 is 39.2 Å². The van der Waals surface area contributed by atoms with Gasteiger partial charge in [0, 0.05) is 42.8 Å². The first kappa shape index (κ1) is 23.4.